The summed E-state index contributed by atoms with van der Waals surface area (Å²) < 4.78 is 0. The molecule has 0 aliphatic heterocycles. The topological polar surface area (TPSA) is 69.6 Å². The van der Waals surface area contributed by atoms with Crippen LogP contribution in [0.25, 0.3) is 0 Å². The van der Waals surface area contributed by atoms with Crippen molar-refractivity contribution >= 4 is 5.91 Å². The lowest BCUT2D eigenvalue weighted by molar-refractivity contribution is -0.0233. The van der Waals surface area contributed by atoms with Gasteiger partial charge in [0.05, 0.1) is 5.60 Å². The van der Waals surface area contributed by atoms with Crippen LogP contribution >= 0.6 is 0 Å². The molecule has 1 aliphatic carbocycles. The molecular weight excluding hydrogens is 266 g/mol. The molecule has 1 aromatic rings. The third kappa shape index (κ3) is 3.97. The smallest absolute Gasteiger partial charge is 0.251 e. The Morgan fingerprint density at radius 3 is 2.43 bits per heavy atom. The molecule has 0 atom stereocenters. The SMILES string of the molecule is Cc1cc(O)ccc1C(=O)NCC1(O)CCC(C)(C)CC1. The van der Waals surface area contributed by atoms with Gasteiger partial charge >= 0.3 is 0 Å². The number of aryl methyl sites for hydroxylation is 1. The monoisotopic (exact) mass is 291 g/mol. The summed E-state index contributed by atoms with van der Waals surface area (Å²) in [6.45, 7) is 6.49. The van der Waals surface area contributed by atoms with Gasteiger partial charge in [-0.05, 0) is 61.8 Å². The molecule has 1 aliphatic rings. The molecule has 0 heterocycles. The highest BCUT2D eigenvalue weighted by molar-refractivity contribution is 5.95. The van der Waals surface area contributed by atoms with E-state index in [1.54, 1.807) is 19.1 Å². The van der Waals surface area contributed by atoms with Crippen LogP contribution in [0, 0.1) is 12.3 Å². The van der Waals surface area contributed by atoms with E-state index >= 15 is 0 Å². The molecule has 0 unspecified atom stereocenters. The summed E-state index contributed by atoms with van der Waals surface area (Å²) in [4.78, 5) is 12.2. The second kappa shape index (κ2) is 5.68. The molecule has 116 valence electrons. The number of phenolic OH excluding ortho intramolecular Hbond substituents is 1. The van der Waals surface area contributed by atoms with Gasteiger partial charge < -0.3 is 15.5 Å². The summed E-state index contributed by atoms with van der Waals surface area (Å²) in [5, 5.41) is 22.8. The lowest BCUT2D eigenvalue weighted by Crippen LogP contribution is -2.46. The Morgan fingerprint density at radius 1 is 1.24 bits per heavy atom. The Kier molecular flexibility index (Phi) is 4.28. The minimum Gasteiger partial charge on any atom is -0.508 e. The van der Waals surface area contributed by atoms with E-state index in [2.05, 4.69) is 19.2 Å². The van der Waals surface area contributed by atoms with E-state index in [9.17, 15) is 15.0 Å². The third-order valence-corrected chi connectivity index (χ3v) is 4.57. The standard InChI is InChI=1S/C17H25NO3/c1-12-10-13(19)4-5-14(12)15(20)18-11-17(21)8-6-16(2,3)7-9-17/h4-5,10,19,21H,6-9,11H2,1-3H3,(H,18,20). The highest BCUT2D eigenvalue weighted by Gasteiger charge is 2.36. The third-order valence-electron chi connectivity index (χ3n) is 4.57. The highest BCUT2D eigenvalue weighted by Crippen LogP contribution is 2.39. The molecule has 0 bridgehead atoms. The Hall–Kier alpha value is -1.55. The Balaban J connectivity index is 1.95. The molecule has 21 heavy (non-hydrogen) atoms. The number of aliphatic hydroxyl groups is 1. The van der Waals surface area contributed by atoms with Crippen LogP contribution in [0.15, 0.2) is 18.2 Å². The molecule has 0 spiro atoms. The van der Waals surface area contributed by atoms with E-state index in [1.165, 1.54) is 6.07 Å². The Morgan fingerprint density at radius 2 is 1.86 bits per heavy atom. The maximum Gasteiger partial charge on any atom is 0.251 e. The Labute approximate surface area is 126 Å². The van der Waals surface area contributed by atoms with E-state index < -0.39 is 5.60 Å². The van der Waals surface area contributed by atoms with Gasteiger partial charge in [0.15, 0.2) is 0 Å². The van der Waals surface area contributed by atoms with Crippen LogP contribution in [-0.2, 0) is 0 Å². The van der Waals surface area contributed by atoms with Gasteiger partial charge in [0.1, 0.15) is 5.75 Å². The fraction of sp³-hybridized carbons (Fsp3) is 0.588. The molecular formula is C17H25NO3. The first-order valence-corrected chi connectivity index (χ1v) is 7.51. The van der Waals surface area contributed by atoms with Crippen LogP contribution in [0.1, 0.15) is 55.5 Å². The molecule has 0 radical (unpaired) electrons. The van der Waals surface area contributed by atoms with Crippen LogP contribution in [0.4, 0.5) is 0 Å². The minimum atomic E-state index is -0.796. The van der Waals surface area contributed by atoms with E-state index in [0.29, 0.717) is 5.56 Å². The van der Waals surface area contributed by atoms with Gasteiger partial charge in [-0.25, -0.2) is 0 Å². The molecule has 0 saturated heterocycles. The molecule has 1 saturated carbocycles. The van der Waals surface area contributed by atoms with Crippen LogP contribution in [0.2, 0.25) is 0 Å². The van der Waals surface area contributed by atoms with E-state index in [-0.39, 0.29) is 23.6 Å². The number of hydrogen-bond acceptors (Lipinski definition) is 3. The summed E-state index contributed by atoms with van der Waals surface area (Å²) in [6.07, 6.45) is 3.37. The van der Waals surface area contributed by atoms with Gasteiger partial charge in [-0.1, -0.05) is 13.8 Å². The molecule has 2 rings (SSSR count). The lowest BCUT2D eigenvalue weighted by atomic mass is 9.71. The average molecular weight is 291 g/mol. The molecule has 4 nitrogen and oxygen atoms in total. The summed E-state index contributed by atoms with van der Waals surface area (Å²) in [7, 11) is 0. The summed E-state index contributed by atoms with van der Waals surface area (Å²) in [5.74, 6) is -0.0528. The van der Waals surface area contributed by atoms with Crippen molar-refractivity contribution in [1.82, 2.24) is 5.32 Å². The van der Waals surface area contributed by atoms with Gasteiger partial charge in [0.2, 0.25) is 0 Å². The summed E-state index contributed by atoms with van der Waals surface area (Å²) in [5.41, 5.74) is 0.747. The number of phenols is 1. The van der Waals surface area contributed by atoms with Gasteiger partial charge in [-0.15, -0.1) is 0 Å². The predicted molar refractivity (Wildman–Crippen MR) is 82.4 cm³/mol. The zero-order valence-corrected chi connectivity index (χ0v) is 13.1. The van der Waals surface area contributed by atoms with Crippen molar-refractivity contribution in [3.63, 3.8) is 0 Å². The van der Waals surface area contributed by atoms with Crippen LogP contribution in [0.3, 0.4) is 0 Å². The number of rotatable bonds is 3. The van der Waals surface area contributed by atoms with Crippen LogP contribution in [-0.4, -0.2) is 28.3 Å². The van der Waals surface area contributed by atoms with Crippen molar-refractivity contribution in [2.24, 2.45) is 5.41 Å². The minimum absolute atomic E-state index is 0.150. The van der Waals surface area contributed by atoms with Crippen molar-refractivity contribution in [2.75, 3.05) is 6.54 Å². The number of carbonyl (C=O) groups is 1. The molecule has 1 fully saturated rings. The predicted octanol–water partition coefficient (Wildman–Crippen LogP) is 2.76. The number of aromatic hydroxyl groups is 1. The van der Waals surface area contributed by atoms with E-state index in [0.717, 1.165) is 31.2 Å². The van der Waals surface area contributed by atoms with Crippen molar-refractivity contribution < 1.29 is 15.0 Å². The zero-order valence-electron chi connectivity index (χ0n) is 13.1. The maximum atomic E-state index is 12.2. The molecule has 4 heteroatoms. The van der Waals surface area contributed by atoms with Gasteiger partial charge in [0.25, 0.3) is 5.91 Å². The normalized spacial score (nSPS) is 20.0. The lowest BCUT2D eigenvalue weighted by Gasteiger charge is -2.40. The fourth-order valence-corrected chi connectivity index (χ4v) is 2.81. The largest absolute Gasteiger partial charge is 0.508 e. The quantitative estimate of drug-likeness (QED) is 0.802. The van der Waals surface area contributed by atoms with Gasteiger partial charge in [-0.2, -0.15) is 0 Å². The summed E-state index contributed by atoms with van der Waals surface area (Å²) >= 11 is 0. The van der Waals surface area contributed by atoms with Gasteiger partial charge in [-0.3, -0.25) is 4.79 Å². The summed E-state index contributed by atoms with van der Waals surface area (Å²) in [6, 6.07) is 4.67. The Bertz CT molecular complexity index is 527. The van der Waals surface area contributed by atoms with Crippen molar-refractivity contribution in [2.45, 2.75) is 52.1 Å². The van der Waals surface area contributed by atoms with Crippen LogP contribution in [0.5, 0.6) is 5.75 Å². The first kappa shape index (κ1) is 15.8. The van der Waals surface area contributed by atoms with E-state index in [4.69, 9.17) is 0 Å². The average Bonchev–Trinajstić information content (AvgIpc) is 2.40. The van der Waals surface area contributed by atoms with Crippen molar-refractivity contribution in [1.29, 1.82) is 0 Å². The maximum absolute atomic E-state index is 12.2. The number of benzene rings is 1. The first-order valence-electron chi connectivity index (χ1n) is 7.51. The fourth-order valence-electron chi connectivity index (χ4n) is 2.81. The number of nitrogens with one attached hydrogen (secondary N) is 1. The van der Waals surface area contributed by atoms with E-state index in [1.807, 2.05) is 0 Å². The molecule has 1 amide bonds. The molecule has 3 N–H and O–H groups in total. The second-order valence-corrected chi connectivity index (χ2v) is 7.07. The number of hydrogen-bond donors (Lipinski definition) is 3. The van der Waals surface area contributed by atoms with Crippen molar-refractivity contribution in [3.8, 4) is 5.75 Å². The molecule has 0 aromatic heterocycles. The van der Waals surface area contributed by atoms with Gasteiger partial charge in [0, 0.05) is 12.1 Å². The second-order valence-electron chi connectivity index (χ2n) is 7.07. The molecule has 1 aromatic carbocycles. The van der Waals surface area contributed by atoms with Crippen LogP contribution < -0.4 is 5.32 Å². The highest BCUT2D eigenvalue weighted by atomic mass is 16.3. The number of amides is 1. The number of carbonyl (C=O) groups excluding carboxylic acids is 1. The zero-order chi connectivity index (χ0) is 15.7. The first-order chi connectivity index (χ1) is 9.71. The van der Waals surface area contributed by atoms with Crippen molar-refractivity contribution in [3.05, 3.63) is 29.3 Å².